The molecule has 108 valence electrons. The lowest BCUT2D eigenvalue weighted by Crippen LogP contribution is -2.28. The van der Waals surface area contributed by atoms with Crippen LogP contribution in [0.4, 0.5) is 5.82 Å². The lowest BCUT2D eigenvalue weighted by molar-refractivity contribution is 0.0903. The molecule has 1 aliphatic rings. The fourth-order valence-electron chi connectivity index (χ4n) is 2.59. The highest BCUT2D eigenvalue weighted by Gasteiger charge is 2.15. The summed E-state index contributed by atoms with van der Waals surface area (Å²) >= 11 is 1.70. The summed E-state index contributed by atoms with van der Waals surface area (Å²) in [4.78, 5) is 5.60. The summed E-state index contributed by atoms with van der Waals surface area (Å²) in [5.41, 5.74) is 1.91. The van der Waals surface area contributed by atoms with E-state index in [0.29, 0.717) is 6.04 Å². The zero-order valence-electron chi connectivity index (χ0n) is 11.5. The van der Waals surface area contributed by atoms with Crippen LogP contribution < -0.4 is 5.32 Å². The molecule has 3 aromatic rings. The van der Waals surface area contributed by atoms with Crippen molar-refractivity contribution >= 4 is 22.8 Å². The van der Waals surface area contributed by atoms with Gasteiger partial charge in [0, 0.05) is 19.3 Å². The fraction of sp³-hybridized carbons (Fsp3) is 0.333. The van der Waals surface area contributed by atoms with Crippen molar-refractivity contribution in [3.05, 3.63) is 35.8 Å². The van der Waals surface area contributed by atoms with E-state index in [1.807, 2.05) is 28.9 Å². The Bertz CT molecular complexity index is 731. The first kappa shape index (κ1) is 12.8. The number of fused-ring (bicyclic) bond motifs is 1. The maximum atomic E-state index is 5.39. The Morgan fingerprint density at radius 2 is 2.14 bits per heavy atom. The zero-order valence-corrected chi connectivity index (χ0v) is 12.3. The minimum absolute atomic E-state index is 0.442. The number of thiophene rings is 1. The second kappa shape index (κ2) is 5.46. The summed E-state index contributed by atoms with van der Waals surface area (Å²) in [5.74, 6) is 0.894. The van der Waals surface area contributed by atoms with Crippen LogP contribution in [0.15, 0.2) is 35.8 Å². The molecule has 0 unspecified atom stereocenters. The topological polar surface area (TPSA) is 51.5 Å². The van der Waals surface area contributed by atoms with Gasteiger partial charge in [-0.15, -0.1) is 16.4 Å². The first-order chi connectivity index (χ1) is 10.4. The van der Waals surface area contributed by atoms with Crippen molar-refractivity contribution in [3.8, 4) is 10.6 Å². The summed E-state index contributed by atoms with van der Waals surface area (Å²) in [6.45, 7) is 1.65. The quantitative estimate of drug-likeness (QED) is 0.808. The van der Waals surface area contributed by atoms with Crippen LogP contribution in [0.5, 0.6) is 0 Å². The molecule has 4 heterocycles. The number of anilines is 1. The predicted octanol–water partition coefficient (Wildman–Crippen LogP) is 3.05. The van der Waals surface area contributed by atoms with Crippen LogP contribution in [0.3, 0.4) is 0 Å². The Balaban J connectivity index is 1.66. The van der Waals surface area contributed by atoms with E-state index in [1.165, 1.54) is 4.88 Å². The van der Waals surface area contributed by atoms with Crippen LogP contribution in [0.1, 0.15) is 12.8 Å². The van der Waals surface area contributed by atoms with Crippen LogP contribution in [0.2, 0.25) is 0 Å². The average Bonchev–Trinajstić information content (AvgIpc) is 3.16. The number of hydrogen-bond acceptors (Lipinski definition) is 5. The highest BCUT2D eigenvalue weighted by molar-refractivity contribution is 7.13. The molecule has 1 fully saturated rings. The molecule has 3 aromatic heterocycles. The van der Waals surface area contributed by atoms with Crippen molar-refractivity contribution in [1.82, 2.24) is 14.6 Å². The highest BCUT2D eigenvalue weighted by Crippen LogP contribution is 2.25. The van der Waals surface area contributed by atoms with Gasteiger partial charge in [0.2, 0.25) is 0 Å². The minimum Gasteiger partial charge on any atom is -0.381 e. The maximum Gasteiger partial charge on any atom is 0.154 e. The average molecular weight is 300 g/mol. The SMILES string of the molecule is c1csc(-c2cnc3ccc(NC4CCOCC4)nn23)c1. The van der Waals surface area contributed by atoms with Gasteiger partial charge in [-0.1, -0.05) is 6.07 Å². The fourth-order valence-corrected chi connectivity index (χ4v) is 3.31. The summed E-state index contributed by atoms with van der Waals surface area (Å²) in [6.07, 6.45) is 3.94. The number of nitrogens with zero attached hydrogens (tertiary/aromatic N) is 3. The van der Waals surface area contributed by atoms with Gasteiger partial charge in [-0.2, -0.15) is 0 Å². The van der Waals surface area contributed by atoms with E-state index in [9.17, 15) is 0 Å². The van der Waals surface area contributed by atoms with E-state index in [4.69, 9.17) is 9.84 Å². The number of ether oxygens (including phenoxy) is 1. The third kappa shape index (κ3) is 2.52. The molecule has 0 atom stereocenters. The Hall–Kier alpha value is -1.92. The maximum absolute atomic E-state index is 5.39. The molecule has 0 saturated carbocycles. The molecule has 5 nitrogen and oxygen atoms in total. The predicted molar refractivity (Wildman–Crippen MR) is 83.8 cm³/mol. The van der Waals surface area contributed by atoms with E-state index < -0.39 is 0 Å². The number of hydrogen-bond donors (Lipinski definition) is 1. The zero-order chi connectivity index (χ0) is 14.1. The third-order valence-corrected chi connectivity index (χ3v) is 4.60. The molecule has 0 spiro atoms. The molecule has 4 rings (SSSR count). The van der Waals surface area contributed by atoms with Gasteiger partial charge in [0.15, 0.2) is 5.65 Å². The van der Waals surface area contributed by atoms with Gasteiger partial charge in [-0.3, -0.25) is 0 Å². The van der Waals surface area contributed by atoms with Crippen molar-refractivity contribution in [3.63, 3.8) is 0 Å². The lowest BCUT2D eigenvalue weighted by Gasteiger charge is -2.23. The first-order valence-corrected chi connectivity index (χ1v) is 8.01. The molecular weight excluding hydrogens is 284 g/mol. The van der Waals surface area contributed by atoms with E-state index in [1.54, 1.807) is 11.3 Å². The third-order valence-electron chi connectivity index (χ3n) is 3.71. The molecule has 21 heavy (non-hydrogen) atoms. The van der Waals surface area contributed by atoms with E-state index >= 15 is 0 Å². The minimum atomic E-state index is 0.442. The monoisotopic (exact) mass is 300 g/mol. The van der Waals surface area contributed by atoms with Crippen LogP contribution in [-0.2, 0) is 4.74 Å². The lowest BCUT2D eigenvalue weighted by atomic mass is 10.1. The largest absolute Gasteiger partial charge is 0.381 e. The molecule has 1 aliphatic heterocycles. The summed E-state index contributed by atoms with van der Waals surface area (Å²) in [6, 6.07) is 8.58. The Labute approximate surface area is 126 Å². The Morgan fingerprint density at radius 1 is 1.24 bits per heavy atom. The van der Waals surface area contributed by atoms with Gasteiger partial charge < -0.3 is 10.1 Å². The molecular formula is C15H16N4OS. The van der Waals surface area contributed by atoms with Crippen molar-refractivity contribution in [2.45, 2.75) is 18.9 Å². The molecule has 1 N–H and O–H groups in total. The van der Waals surface area contributed by atoms with Gasteiger partial charge in [0.05, 0.1) is 11.1 Å². The van der Waals surface area contributed by atoms with Crippen molar-refractivity contribution in [2.75, 3.05) is 18.5 Å². The molecule has 0 aromatic carbocycles. The van der Waals surface area contributed by atoms with Gasteiger partial charge in [0.25, 0.3) is 0 Å². The summed E-state index contributed by atoms with van der Waals surface area (Å²) < 4.78 is 7.30. The standard InChI is InChI=1S/C15H16N4OS/c1-2-13(21-9-1)12-10-16-15-4-3-14(18-19(12)15)17-11-5-7-20-8-6-11/h1-4,9-11H,5-8H2,(H,17,18). The smallest absolute Gasteiger partial charge is 0.154 e. The van der Waals surface area contributed by atoms with Gasteiger partial charge in [0.1, 0.15) is 11.5 Å². The first-order valence-electron chi connectivity index (χ1n) is 7.13. The second-order valence-corrected chi connectivity index (χ2v) is 6.09. The highest BCUT2D eigenvalue weighted by atomic mass is 32.1. The molecule has 1 saturated heterocycles. The normalized spacial score (nSPS) is 16.4. The van der Waals surface area contributed by atoms with Crippen LogP contribution >= 0.6 is 11.3 Å². The number of imidazole rings is 1. The van der Waals surface area contributed by atoms with Gasteiger partial charge in [-0.25, -0.2) is 9.50 Å². The van der Waals surface area contributed by atoms with Crippen molar-refractivity contribution in [1.29, 1.82) is 0 Å². The number of nitrogens with one attached hydrogen (secondary N) is 1. The summed E-state index contributed by atoms with van der Waals surface area (Å²) in [5, 5.41) is 10.3. The van der Waals surface area contributed by atoms with E-state index in [0.717, 1.165) is 43.2 Å². The van der Waals surface area contributed by atoms with Gasteiger partial charge in [-0.05, 0) is 36.4 Å². The van der Waals surface area contributed by atoms with Crippen LogP contribution in [0, 0.1) is 0 Å². The second-order valence-electron chi connectivity index (χ2n) is 5.14. The van der Waals surface area contributed by atoms with Crippen LogP contribution in [-0.4, -0.2) is 33.9 Å². The van der Waals surface area contributed by atoms with E-state index in [2.05, 4.69) is 21.7 Å². The van der Waals surface area contributed by atoms with Gasteiger partial charge >= 0.3 is 0 Å². The van der Waals surface area contributed by atoms with Crippen molar-refractivity contribution in [2.24, 2.45) is 0 Å². The molecule has 0 radical (unpaired) electrons. The molecule has 0 aliphatic carbocycles. The molecule has 0 amide bonds. The van der Waals surface area contributed by atoms with E-state index in [-0.39, 0.29) is 0 Å². The van der Waals surface area contributed by atoms with Crippen molar-refractivity contribution < 1.29 is 4.74 Å². The Morgan fingerprint density at radius 3 is 2.95 bits per heavy atom. The Kier molecular flexibility index (Phi) is 3.33. The number of aromatic nitrogens is 3. The summed E-state index contributed by atoms with van der Waals surface area (Å²) in [7, 11) is 0. The number of rotatable bonds is 3. The van der Waals surface area contributed by atoms with Crippen LogP contribution in [0.25, 0.3) is 16.2 Å². The molecule has 0 bridgehead atoms. The molecule has 6 heteroatoms.